The SMILES string of the molecule is COc1ccc(C(c2sc3nc(C)nn3c2O)N2CCN(c3ccccc3F)CC2)cc1. The summed E-state index contributed by atoms with van der Waals surface area (Å²) < 4.78 is 21.1. The van der Waals surface area contributed by atoms with Crippen LogP contribution in [-0.4, -0.2) is 57.9 Å². The maximum Gasteiger partial charge on any atom is 0.230 e. The Bertz CT molecular complexity index is 1230. The molecule has 166 valence electrons. The van der Waals surface area contributed by atoms with Gasteiger partial charge in [-0.1, -0.05) is 35.6 Å². The second-order valence-corrected chi connectivity index (χ2v) is 8.80. The summed E-state index contributed by atoms with van der Waals surface area (Å²) in [4.78, 5) is 10.3. The molecule has 1 unspecified atom stereocenters. The van der Waals surface area contributed by atoms with Gasteiger partial charge in [-0.25, -0.2) is 9.37 Å². The molecule has 3 heterocycles. The van der Waals surface area contributed by atoms with E-state index in [9.17, 15) is 9.50 Å². The number of para-hydroxylation sites is 1. The minimum absolute atomic E-state index is 0.114. The molecule has 1 N–H and O–H groups in total. The van der Waals surface area contributed by atoms with Crippen molar-refractivity contribution in [2.45, 2.75) is 13.0 Å². The number of methoxy groups -OCH3 is 1. The number of fused-ring (bicyclic) bond motifs is 1. The van der Waals surface area contributed by atoms with Crippen molar-refractivity contribution < 1.29 is 14.2 Å². The first kappa shape index (κ1) is 20.7. The van der Waals surface area contributed by atoms with Crippen molar-refractivity contribution in [2.75, 3.05) is 38.2 Å². The Morgan fingerprint density at radius 2 is 1.78 bits per heavy atom. The third kappa shape index (κ3) is 3.67. The van der Waals surface area contributed by atoms with Gasteiger partial charge in [0.25, 0.3) is 0 Å². The maximum atomic E-state index is 14.3. The number of rotatable bonds is 5. The molecule has 4 aromatic rings. The van der Waals surface area contributed by atoms with Crippen LogP contribution in [0.4, 0.5) is 10.1 Å². The lowest BCUT2D eigenvalue weighted by molar-refractivity contribution is 0.210. The fraction of sp³-hybridized carbons (Fsp3) is 0.304. The van der Waals surface area contributed by atoms with E-state index in [1.165, 1.54) is 21.9 Å². The minimum atomic E-state index is -0.203. The van der Waals surface area contributed by atoms with E-state index >= 15 is 0 Å². The number of aryl methyl sites for hydroxylation is 1. The number of aromatic hydroxyl groups is 1. The van der Waals surface area contributed by atoms with Gasteiger partial charge in [0, 0.05) is 26.2 Å². The van der Waals surface area contributed by atoms with Gasteiger partial charge < -0.3 is 14.7 Å². The molecule has 2 aromatic heterocycles. The van der Waals surface area contributed by atoms with Gasteiger partial charge in [-0.15, -0.1) is 5.10 Å². The second kappa shape index (κ2) is 8.40. The van der Waals surface area contributed by atoms with Crippen molar-refractivity contribution in [1.82, 2.24) is 19.5 Å². The van der Waals surface area contributed by atoms with Crippen molar-refractivity contribution in [1.29, 1.82) is 0 Å². The number of halogens is 1. The Kier molecular flexibility index (Phi) is 5.44. The molecule has 0 radical (unpaired) electrons. The minimum Gasteiger partial charge on any atom is -0.497 e. The van der Waals surface area contributed by atoms with Crippen LogP contribution in [0.15, 0.2) is 48.5 Å². The molecule has 0 spiro atoms. The van der Waals surface area contributed by atoms with Crippen molar-refractivity contribution in [2.24, 2.45) is 0 Å². The number of hydrogen-bond donors (Lipinski definition) is 1. The third-order valence-electron chi connectivity index (χ3n) is 5.86. The largest absolute Gasteiger partial charge is 0.497 e. The number of hydrogen-bond acceptors (Lipinski definition) is 7. The Hall–Kier alpha value is -3.17. The zero-order valence-electron chi connectivity index (χ0n) is 17.9. The highest BCUT2D eigenvalue weighted by molar-refractivity contribution is 7.17. The molecule has 7 nitrogen and oxygen atoms in total. The normalized spacial score (nSPS) is 15.9. The number of nitrogens with zero attached hydrogens (tertiary/aromatic N) is 5. The molecule has 0 saturated carbocycles. The summed E-state index contributed by atoms with van der Waals surface area (Å²) in [7, 11) is 1.64. The van der Waals surface area contributed by atoms with Crippen molar-refractivity contribution in [3.63, 3.8) is 0 Å². The Labute approximate surface area is 189 Å². The Morgan fingerprint density at radius 3 is 2.44 bits per heavy atom. The van der Waals surface area contributed by atoms with Gasteiger partial charge in [0.15, 0.2) is 0 Å². The average molecular weight is 454 g/mol. The van der Waals surface area contributed by atoms with Gasteiger partial charge in [0.1, 0.15) is 17.4 Å². The van der Waals surface area contributed by atoms with Crippen molar-refractivity contribution in [3.8, 4) is 11.6 Å². The molecular formula is C23H24FN5O2S. The number of ether oxygens (including phenoxy) is 1. The highest BCUT2D eigenvalue weighted by atomic mass is 32.1. The molecule has 2 aromatic carbocycles. The van der Waals surface area contributed by atoms with Gasteiger partial charge in [-0.3, -0.25) is 4.90 Å². The molecule has 1 aliphatic heterocycles. The molecule has 0 amide bonds. The number of anilines is 1. The van der Waals surface area contributed by atoms with E-state index in [0.717, 1.165) is 29.3 Å². The third-order valence-corrected chi connectivity index (χ3v) is 6.93. The van der Waals surface area contributed by atoms with Crippen LogP contribution in [0.25, 0.3) is 4.96 Å². The molecule has 9 heteroatoms. The Balaban J connectivity index is 1.48. The first-order chi connectivity index (χ1) is 15.5. The average Bonchev–Trinajstić information content (AvgIpc) is 3.32. The van der Waals surface area contributed by atoms with Crippen LogP contribution in [-0.2, 0) is 0 Å². The summed E-state index contributed by atoms with van der Waals surface area (Å²) in [5.41, 5.74) is 1.67. The molecule has 0 bridgehead atoms. The van der Waals surface area contributed by atoms with Crippen LogP contribution in [0.5, 0.6) is 11.6 Å². The smallest absolute Gasteiger partial charge is 0.230 e. The highest BCUT2D eigenvalue weighted by Crippen LogP contribution is 2.40. The summed E-state index contributed by atoms with van der Waals surface area (Å²) >= 11 is 1.44. The van der Waals surface area contributed by atoms with Crippen LogP contribution in [0.2, 0.25) is 0 Å². The lowest BCUT2D eigenvalue weighted by atomic mass is 10.0. The van der Waals surface area contributed by atoms with Gasteiger partial charge in [0.2, 0.25) is 10.8 Å². The molecule has 5 rings (SSSR count). The number of piperazine rings is 1. The van der Waals surface area contributed by atoms with Crippen LogP contribution in [0.3, 0.4) is 0 Å². The molecule has 1 fully saturated rings. The topological polar surface area (TPSA) is 66.1 Å². The van der Waals surface area contributed by atoms with Crippen LogP contribution < -0.4 is 9.64 Å². The van der Waals surface area contributed by atoms with E-state index in [1.54, 1.807) is 13.2 Å². The van der Waals surface area contributed by atoms with E-state index in [0.29, 0.717) is 29.6 Å². The molecular weight excluding hydrogens is 429 g/mol. The number of thiazole rings is 1. The zero-order chi connectivity index (χ0) is 22.2. The Morgan fingerprint density at radius 1 is 1.06 bits per heavy atom. The number of aromatic nitrogens is 3. The van der Waals surface area contributed by atoms with E-state index < -0.39 is 0 Å². The number of benzene rings is 2. The summed E-state index contributed by atoms with van der Waals surface area (Å²) in [5, 5.41) is 15.3. The molecule has 32 heavy (non-hydrogen) atoms. The van der Waals surface area contributed by atoms with Crippen LogP contribution >= 0.6 is 11.3 Å². The second-order valence-electron chi connectivity index (χ2n) is 7.79. The molecule has 1 saturated heterocycles. The van der Waals surface area contributed by atoms with E-state index in [4.69, 9.17) is 4.74 Å². The predicted octanol–water partition coefficient (Wildman–Crippen LogP) is 3.86. The van der Waals surface area contributed by atoms with Crippen LogP contribution in [0.1, 0.15) is 22.3 Å². The van der Waals surface area contributed by atoms with E-state index in [1.807, 2.05) is 43.3 Å². The standard InChI is InChI=1S/C23H24FN5O2S/c1-15-25-23-29(26-15)22(30)21(32-23)20(16-7-9-17(31-2)10-8-16)28-13-11-27(12-14-28)19-6-4-3-5-18(19)24/h3-10,20,30H,11-14H2,1-2H3. The lowest BCUT2D eigenvalue weighted by Gasteiger charge is -2.40. The molecule has 1 aliphatic rings. The molecule has 0 aliphatic carbocycles. The summed E-state index contributed by atoms with van der Waals surface area (Å²) in [6.45, 7) is 4.62. The summed E-state index contributed by atoms with van der Waals surface area (Å²) in [6.07, 6.45) is 0. The lowest BCUT2D eigenvalue weighted by Crippen LogP contribution is -2.48. The fourth-order valence-corrected chi connectivity index (χ4v) is 5.43. The van der Waals surface area contributed by atoms with Gasteiger partial charge >= 0.3 is 0 Å². The van der Waals surface area contributed by atoms with E-state index in [-0.39, 0.29) is 17.7 Å². The monoisotopic (exact) mass is 453 g/mol. The summed E-state index contributed by atoms with van der Waals surface area (Å²) in [5.74, 6) is 1.31. The van der Waals surface area contributed by atoms with Crippen LogP contribution in [0, 0.1) is 12.7 Å². The predicted molar refractivity (Wildman–Crippen MR) is 122 cm³/mol. The van der Waals surface area contributed by atoms with Gasteiger partial charge in [0.05, 0.1) is 23.7 Å². The first-order valence-corrected chi connectivity index (χ1v) is 11.3. The first-order valence-electron chi connectivity index (χ1n) is 10.5. The van der Waals surface area contributed by atoms with Crippen molar-refractivity contribution >= 4 is 22.0 Å². The summed E-state index contributed by atoms with van der Waals surface area (Å²) in [6, 6.07) is 14.6. The zero-order valence-corrected chi connectivity index (χ0v) is 18.7. The molecule has 1 atom stereocenters. The fourth-order valence-electron chi connectivity index (χ4n) is 4.27. The maximum absolute atomic E-state index is 14.3. The van der Waals surface area contributed by atoms with Crippen molar-refractivity contribution in [3.05, 3.63) is 70.6 Å². The van der Waals surface area contributed by atoms with Gasteiger partial charge in [-0.05, 0) is 36.8 Å². The van der Waals surface area contributed by atoms with E-state index in [2.05, 4.69) is 19.9 Å². The quantitative estimate of drug-likeness (QED) is 0.495. The highest BCUT2D eigenvalue weighted by Gasteiger charge is 2.32. The van der Waals surface area contributed by atoms with Gasteiger partial charge in [-0.2, -0.15) is 4.52 Å².